The number of thioether (sulfide) groups is 1. The third-order valence-electron chi connectivity index (χ3n) is 2.91. The number of thiocarbonyl (C=S) groups is 1. The molecule has 0 aliphatic carbocycles. The topological polar surface area (TPSA) is 72.9 Å². The first-order valence-electron chi connectivity index (χ1n) is 6.69. The van der Waals surface area contributed by atoms with Gasteiger partial charge in [-0.15, -0.1) is 6.58 Å². The van der Waals surface area contributed by atoms with Gasteiger partial charge in [0.1, 0.15) is 4.32 Å². The minimum Gasteiger partial charge on any atom is -0.493 e. The van der Waals surface area contributed by atoms with E-state index in [1.807, 2.05) is 0 Å². The fourth-order valence-electron chi connectivity index (χ4n) is 1.94. The van der Waals surface area contributed by atoms with Crippen LogP contribution < -0.4 is 8.92 Å². The standard InChI is InChI=1S/C15H15NO5S3/c1-4-7-16-14(17)13(23-15(16)22)9-10-5-6-11(12(8-10)20-2)21-24(3,18)19/h4-6,8-9H,1,7H2,2-3H3/b13-9-. The van der Waals surface area contributed by atoms with E-state index in [0.717, 1.165) is 6.26 Å². The Kier molecular flexibility index (Phi) is 5.68. The Hall–Kier alpha value is -1.84. The van der Waals surface area contributed by atoms with Crippen LogP contribution >= 0.6 is 24.0 Å². The Morgan fingerprint density at radius 3 is 2.67 bits per heavy atom. The molecule has 128 valence electrons. The predicted molar refractivity (Wildman–Crippen MR) is 98.5 cm³/mol. The van der Waals surface area contributed by atoms with E-state index in [-0.39, 0.29) is 17.4 Å². The number of benzene rings is 1. The SMILES string of the molecule is C=CCN1C(=O)/C(=C/c2ccc(OS(C)(=O)=O)c(OC)c2)SC1=S. The van der Waals surface area contributed by atoms with Crippen molar-refractivity contribution in [2.75, 3.05) is 19.9 Å². The van der Waals surface area contributed by atoms with Crippen molar-refractivity contribution in [3.8, 4) is 11.5 Å². The van der Waals surface area contributed by atoms with Crippen molar-refractivity contribution in [1.29, 1.82) is 0 Å². The molecule has 0 aromatic heterocycles. The second-order valence-electron chi connectivity index (χ2n) is 4.78. The molecule has 1 aliphatic heterocycles. The van der Waals surface area contributed by atoms with E-state index < -0.39 is 10.1 Å². The summed E-state index contributed by atoms with van der Waals surface area (Å²) in [6.07, 6.45) is 4.22. The van der Waals surface area contributed by atoms with E-state index >= 15 is 0 Å². The van der Waals surface area contributed by atoms with Crippen LogP contribution in [0, 0.1) is 0 Å². The van der Waals surface area contributed by atoms with Gasteiger partial charge >= 0.3 is 10.1 Å². The quantitative estimate of drug-likeness (QED) is 0.322. The number of carbonyl (C=O) groups excluding carboxylic acids is 1. The highest BCUT2D eigenvalue weighted by Crippen LogP contribution is 2.34. The van der Waals surface area contributed by atoms with Gasteiger partial charge in [0.25, 0.3) is 5.91 Å². The van der Waals surface area contributed by atoms with Crippen LogP contribution in [-0.2, 0) is 14.9 Å². The van der Waals surface area contributed by atoms with Gasteiger partial charge in [0.05, 0.1) is 18.3 Å². The summed E-state index contributed by atoms with van der Waals surface area (Å²) in [5, 5.41) is 0. The normalized spacial score (nSPS) is 16.6. The maximum atomic E-state index is 12.3. The van der Waals surface area contributed by atoms with Crippen molar-refractivity contribution < 1.29 is 22.1 Å². The van der Waals surface area contributed by atoms with Crippen LogP contribution in [0.15, 0.2) is 35.8 Å². The number of ether oxygens (including phenoxy) is 1. The third-order valence-corrected chi connectivity index (χ3v) is 4.77. The van der Waals surface area contributed by atoms with Gasteiger partial charge in [0.15, 0.2) is 11.5 Å². The summed E-state index contributed by atoms with van der Waals surface area (Å²) in [5.74, 6) is 0.132. The number of methoxy groups -OCH3 is 1. The van der Waals surface area contributed by atoms with Crippen molar-refractivity contribution in [2.24, 2.45) is 0 Å². The van der Waals surface area contributed by atoms with Crippen LogP contribution in [0.5, 0.6) is 11.5 Å². The van der Waals surface area contributed by atoms with Crippen LogP contribution in [0.25, 0.3) is 6.08 Å². The number of rotatable bonds is 6. The van der Waals surface area contributed by atoms with Crippen LogP contribution in [0.4, 0.5) is 0 Å². The van der Waals surface area contributed by atoms with E-state index in [9.17, 15) is 13.2 Å². The second kappa shape index (κ2) is 7.37. The van der Waals surface area contributed by atoms with E-state index in [1.54, 1.807) is 24.3 Å². The molecule has 1 saturated heterocycles. The molecule has 0 saturated carbocycles. The van der Waals surface area contributed by atoms with E-state index in [4.69, 9.17) is 21.1 Å². The summed E-state index contributed by atoms with van der Waals surface area (Å²) in [6, 6.07) is 4.68. The molecule has 1 heterocycles. The highest BCUT2D eigenvalue weighted by molar-refractivity contribution is 8.26. The van der Waals surface area contributed by atoms with Gasteiger partial charge in [-0.05, 0) is 23.8 Å². The summed E-state index contributed by atoms with van der Waals surface area (Å²) in [5.41, 5.74) is 0.659. The van der Waals surface area contributed by atoms with Gasteiger partial charge in [-0.2, -0.15) is 8.42 Å². The Morgan fingerprint density at radius 1 is 1.38 bits per heavy atom. The first-order valence-corrected chi connectivity index (χ1v) is 9.73. The molecule has 0 atom stereocenters. The van der Waals surface area contributed by atoms with Gasteiger partial charge in [0, 0.05) is 6.54 Å². The van der Waals surface area contributed by atoms with Crippen molar-refractivity contribution in [3.63, 3.8) is 0 Å². The molecule has 1 fully saturated rings. The average Bonchev–Trinajstić information content (AvgIpc) is 2.75. The van der Waals surface area contributed by atoms with E-state index in [0.29, 0.717) is 21.3 Å². The van der Waals surface area contributed by atoms with Crippen molar-refractivity contribution in [2.45, 2.75) is 0 Å². The molecule has 1 aromatic carbocycles. The van der Waals surface area contributed by atoms with Crippen LogP contribution in [0.1, 0.15) is 5.56 Å². The van der Waals surface area contributed by atoms with Gasteiger partial charge in [-0.3, -0.25) is 9.69 Å². The number of hydrogen-bond acceptors (Lipinski definition) is 7. The van der Waals surface area contributed by atoms with Crippen LogP contribution in [0.2, 0.25) is 0 Å². The Bertz CT molecular complexity index is 830. The highest BCUT2D eigenvalue weighted by Gasteiger charge is 2.31. The zero-order valence-corrected chi connectivity index (χ0v) is 15.5. The van der Waals surface area contributed by atoms with Gasteiger partial charge in [-0.1, -0.05) is 36.1 Å². The lowest BCUT2D eigenvalue weighted by molar-refractivity contribution is -0.121. The lowest BCUT2D eigenvalue weighted by Crippen LogP contribution is -2.27. The summed E-state index contributed by atoms with van der Waals surface area (Å²) in [4.78, 5) is 14.2. The molecule has 0 unspecified atom stereocenters. The lowest BCUT2D eigenvalue weighted by Gasteiger charge is -2.10. The predicted octanol–water partition coefficient (Wildman–Crippen LogP) is 2.42. The largest absolute Gasteiger partial charge is 0.493 e. The molecule has 0 spiro atoms. The molecule has 0 radical (unpaired) electrons. The highest BCUT2D eigenvalue weighted by atomic mass is 32.2. The molecule has 1 aliphatic rings. The maximum Gasteiger partial charge on any atom is 0.306 e. The first-order chi connectivity index (χ1) is 11.2. The first kappa shape index (κ1) is 18.5. The summed E-state index contributed by atoms with van der Waals surface area (Å²) in [6.45, 7) is 3.96. The third kappa shape index (κ3) is 4.37. The monoisotopic (exact) mass is 385 g/mol. The van der Waals surface area contributed by atoms with Gasteiger partial charge in [0.2, 0.25) is 0 Å². The minimum absolute atomic E-state index is 0.0800. The molecular formula is C15H15NO5S3. The maximum absolute atomic E-state index is 12.3. The Labute approximate surface area is 150 Å². The number of amides is 1. The Morgan fingerprint density at radius 2 is 2.08 bits per heavy atom. The molecule has 1 amide bonds. The molecular weight excluding hydrogens is 370 g/mol. The number of carbonyl (C=O) groups is 1. The average molecular weight is 385 g/mol. The van der Waals surface area contributed by atoms with E-state index in [2.05, 4.69) is 6.58 Å². The molecule has 24 heavy (non-hydrogen) atoms. The Balaban J connectivity index is 2.32. The van der Waals surface area contributed by atoms with Crippen LogP contribution in [0.3, 0.4) is 0 Å². The van der Waals surface area contributed by atoms with Gasteiger partial charge < -0.3 is 8.92 Å². The zero-order valence-electron chi connectivity index (χ0n) is 13.0. The molecule has 1 aromatic rings. The molecule has 6 nitrogen and oxygen atoms in total. The smallest absolute Gasteiger partial charge is 0.306 e. The van der Waals surface area contributed by atoms with Gasteiger partial charge in [-0.25, -0.2) is 0 Å². The van der Waals surface area contributed by atoms with Crippen molar-refractivity contribution >= 4 is 50.4 Å². The minimum atomic E-state index is -3.66. The molecule has 9 heteroatoms. The zero-order chi connectivity index (χ0) is 17.9. The summed E-state index contributed by atoms with van der Waals surface area (Å²) < 4.78 is 32.9. The summed E-state index contributed by atoms with van der Waals surface area (Å²) in [7, 11) is -2.26. The van der Waals surface area contributed by atoms with E-state index in [1.165, 1.54) is 29.8 Å². The van der Waals surface area contributed by atoms with Crippen LogP contribution in [-0.4, -0.2) is 43.5 Å². The summed E-state index contributed by atoms with van der Waals surface area (Å²) >= 11 is 6.37. The molecule has 0 bridgehead atoms. The fourth-order valence-corrected chi connectivity index (χ4v) is 3.68. The molecule has 0 N–H and O–H groups in total. The number of hydrogen-bond donors (Lipinski definition) is 0. The second-order valence-corrected chi connectivity index (χ2v) is 8.03. The lowest BCUT2D eigenvalue weighted by atomic mass is 10.2. The van der Waals surface area contributed by atoms with Crippen molar-refractivity contribution in [3.05, 3.63) is 41.3 Å². The fraction of sp³-hybridized carbons (Fsp3) is 0.200. The molecule has 2 rings (SSSR count). The van der Waals surface area contributed by atoms with Crippen molar-refractivity contribution in [1.82, 2.24) is 4.90 Å². The number of nitrogens with zero attached hydrogens (tertiary/aromatic N) is 1.